The van der Waals surface area contributed by atoms with Gasteiger partial charge in [0.05, 0.1) is 12.8 Å². The van der Waals surface area contributed by atoms with Gasteiger partial charge in [-0.25, -0.2) is 4.99 Å². The summed E-state index contributed by atoms with van der Waals surface area (Å²) in [5.74, 6) is 1.65. The van der Waals surface area contributed by atoms with E-state index < -0.39 is 5.60 Å². The van der Waals surface area contributed by atoms with Gasteiger partial charge in [0.25, 0.3) is 0 Å². The Morgan fingerprint density at radius 3 is 2.54 bits per heavy atom. The Kier molecular flexibility index (Phi) is 6.88. The molecule has 1 aromatic heterocycles. The van der Waals surface area contributed by atoms with Crippen molar-refractivity contribution in [1.82, 2.24) is 10.6 Å². The number of hydrogen-bond donors (Lipinski definition) is 3. The first-order valence-corrected chi connectivity index (χ1v) is 8.44. The highest BCUT2D eigenvalue weighted by molar-refractivity contribution is 5.79. The van der Waals surface area contributed by atoms with Gasteiger partial charge in [0.2, 0.25) is 0 Å². The first kappa shape index (κ1) is 18.1. The lowest BCUT2D eigenvalue weighted by Gasteiger charge is -2.22. The number of benzene rings is 1. The van der Waals surface area contributed by atoms with Crippen LogP contribution in [0.1, 0.15) is 31.6 Å². The lowest BCUT2D eigenvalue weighted by atomic mass is 9.96. The monoisotopic (exact) mass is 329 g/mol. The van der Waals surface area contributed by atoms with Gasteiger partial charge in [-0.1, -0.05) is 37.3 Å². The van der Waals surface area contributed by atoms with Crippen LogP contribution in [0.3, 0.4) is 0 Å². The second-order valence-corrected chi connectivity index (χ2v) is 5.99. The highest BCUT2D eigenvalue weighted by atomic mass is 16.3. The van der Waals surface area contributed by atoms with E-state index in [4.69, 9.17) is 4.42 Å². The second-order valence-electron chi connectivity index (χ2n) is 5.99. The summed E-state index contributed by atoms with van der Waals surface area (Å²) in [6, 6.07) is 13.5. The van der Waals surface area contributed by atoms with Crippen molar-refractivity contribution < 1.29 is 9.52 Å². The Hall–Kier alpha value is -2.27. The van der Waals surface area contributed by atoms with Crippen molar-refractivity contribution in [1.29, 1.82) is 0 Å². The summed E-state index contributed by atoms with van der Waals surface area (Å²) in [6.45, 7) is 5.73. The zero-order valence-corrected chi connectivity index (χ0v) is 14.5. The first-order chi connectivity index (χ1) is 11.6. The number of hydrogen-bond acceptors (Lipinski definition) is 3. The van der Waals surface area contributed by atoms with E-state index in [-0.39, 0.29) is 6.54 Å². The molecule has 0 aliphatic heterocycles. The second kappa shape index (κ2) is 9.13. The van der Waals surface area contributed by atoms with E-state index in [0.717, 1.165) is 37.3 Å². The molecule has 0 saturated carbocycles. The molecule has 130 valence electrons. The topological polar surface area (TPSA) is 69.8 Å². The molecule has 1 atom stereocenters. The molecule has 0 bridgehead atoms. The van der Waals surface area contributed by atoms with E-state index in [1.165, 1.54) is 0 Å². The third-order valence-electron chi connectivity index (χ3n) is 3.73. The summed E-state index contributed by atoms with van der Waals surface area (Å²) in [6.07, 6.45) is 3.47. The van der Waals surface area contributed by atoms with Gasteiger partial charge in [-0.2, -0.15) is 0 Å². The van der Waals surface area contributed by atoms with Crippen molar-refractivity contribution in [3.8, 4) is 0 Å². The minimum absolute atomic E-state index is 0.289. The number of aliphatic imine (C=N–C) groups is 1. The van der Waals surface area contributed by atoms with Gasteiger partial charge in [-0.05, 0) is 31.0 Å². The van der Waals surface area contributed by atoms with Gasteiger partial charge in [-0.3, -0.25) is 0 Å². The van der Waals surface area contributed by atoms with Gasteiger partial charge in [-0.15, -0.1) is 0 Å². The van der Waals surface area contributed by atoms with E-state index in [1.54, 1.807) is 13.2 Å². The summed E-state index contributed by atoms with van der Waals surface area (Å²) < 4.78 is 5.33. The van der Waals surface area contributed by atoms with Crippen LogP contribution in [0.25, 0.3) is 0 Å². The molecular weight excluding hydrogens is 302 g/mol. The fourth-order valence-electron chi connectivity index (χ4n) is 2.30. The predicted octanol–water partition coefficient (Wildman–Crippen LogP) is 2.68. The molecule has 0 spiro atoms. The quantitative estimate of drug-likeness (QED) is 0.514. The van der Waals surface area contributed by atoms with Crippen molar-refractivity contribution in [3.05, 3.63) is 60.1 Å². The van der Waals surface area contributed by atoms with Gasteiger partial charge >= 0.3 is 0 Å². The number of guanidine groups is 1. The van der Waals surface area contributed by atoms with Crippen molar-refractivity contribution in [3.63, 3.8) is 0 Å². The van der Waals surface area contributed by atoms with Crippen LogP contribution in [0.15, 0.2) is 58.1 Å². The molecule has 5 nitrogen and oxygen atoms in total. The van der Waals surface area contributed by atoms with E-state index in [9.17, 15) is 5.11 Å². The van der Waals surface area contributed by atoms with Gasteiger partial charge in [0, 0.05) is 19.5 Å². The van der Waals surface area contributed by atoms with Crippen LogP contribution >= 0.6 is 0 Å². The highest BCUT2D eigenvalue weighted by Gasteiger charge is 2.22. The lowest BCUT2D eigenvalue weighted by Crippen LogP contribution is -2.40. The SMILES string of the molecule is CCCNC(=NCC(C)(O)c1ccccc1)NCCc1ccco1. The molecule has 2 aromatic rings. The molecular formula is C19H27N3O2. The summed E-state index contributed by atoms with van der Waals surface area (Å²) >= 11 is 0. The Bertz CT molecular complexity index is 607. The minimum Gasteiger partial charge on any atom is -0.469 e. The maximum atomic E-state index is 10.7. The molecule has 1 aromatic carbocycles. The summed E-state index contributed by atoms with van der Waals surface area (Å²) in [4.78, 5) is 4.54. The van der Waals surface area contributed by atoms with Crippen LogP contribution in [0.4, 0.5) is 0 Å². The summed E-state index contributed by atoms with van der Waals surface area (Å²) in [5.41, 5.74) is -0.137. The van der Waals surface area contributed by atoms with Gasteiger partial charge in [0.1, 0.15) is 11.4 Å². The first-order valence-electron chi connectivity index (χ1n) is 8.44. The van der Waals surface area contributed by atoms with E-state index in [0.29, 0.717) is 5.96 Å². The Labute approximate surface area is 143 Å². The molecule has 24 heavy (non-hydrogen) atoms. The summed E-state index contributed by atoms with van der Waals surface area (Å²) in [5, 5.41) is 17.2. The molecule has 5 heteroatoms. The average molecular weight is 329 g/mol. The smallest absolute Gasteiger partial charge is 0.191 e. The van der Waals surface area contributed by atoms with Crippen LogP contribution < -0.4 is 10.6 Å². The van der Waals surface area contributed by atoms with Crippen LogP contribution in [0.2, 0.25) is 0 Å². The molecule has 1 heterocycles. The van der Waals surface area contributed by atoms with E-state index >= 15 is 0 Å². The third kappa shape index (κ3) is 5.74. The largest absolute Gasteiger partial charge is 0.469 e. The summed E-state index contributed by atoms with van der Waals surface area (Å²) in [7, 11) is 0. The van der Waals surface area contributed by atoms with Gasteiger partial charge in [0.15, 0.2) is 5.96 Å². The minimum atomic E-state index is -0.997. The third-order valence-corrected chi connectivity index (χ3v) is 3.73. The predicted molar refractivity (Wildman–Crippen MR) is 97.0 cm³/mol. The maximum absolute atomic E-state index is 10.7. The number of furan rings is 1. The molecule has 0 amide bonds. The molecule has 0 saturated heterocycles. The normalized spacial score (nSPS) is 14.2. The Morgan fingerprint density at radius 2 is 1.88 bits per heavy atom. The fraction of sp³-hybridized carbons (Fsp3) is 0.421. The van der Waals surface area contributed by atoms with E-state index in [2.05, 4.69) is 22.5 Å². The van der Waals surface area contributed by atoms with Crippen molar-refractivity contribution in [2.75, 3.05) is 19.6 Å². The Morgan fingerprint density at radius 1 is 1.12 bits per heavy atom. The molecule has 0 aliphatic rings. The fourth-order valence-corrected chi connectivity index (χ4v) is 2.30. The molecule has 0 aliphatic carbocycles. The molecule has 0 fully saturated rings. The molecule has 0 radical (unpaired) electrons. The zero-order chi connectivity index (χ0) is 17.3. The van der Waals surface area contributed by atoms with Crippen LogP contribution in [0.5, 0.6) is 0 Å². The zero-order valence-electron chi connectivity index (χ0n) is 14.5. The molecule has 1 unspecified atom stereocenters. The van der Waals surface area contributed by atoms with Crippen molar-refractivity contribution in [2.45, 2.75) is 32.3 Å². The number of nitrogens with zero attached hydrogens (tertiary/aromatic N) is 1. The van der Waals surface area contributed by atoms with Gasteiger partial charge < -0.3 is 20.2 Å². The van der Waals surface area contributed by atoms with Crippen LogP contribution in [-0.4, -0.2) is 30.7 Å². The number of aliphatic hydroxyl groups is 1. The van der Waals surface area contributed by atoms with Crippen LogP contribution in [-0.2, 0) is 12.0 Å². The maximum Gasteiger partial charge on any atom is 0.191 e. The molecule has 2 rings (SSSR count). The standard InChI is InChI=1S/C19H27N3O2/c1-3-12-20-18(21-13-11-17-10-7-14-24-17)22-15-19(2,23)16-8-5-4-6-9-16/h4-10,14,23H,3,11-13,15H2,1-2H3,(H2,20,21,22). The van der Waals surface area contributed by atoms with Crippen molar-refractivity contribution >= 4 is 5.96 Å². The number of nitrogens with one attached hydrogen (secondary N) is 2. The lowest BCUT2D eigenvalue weighted by molar-refractivity contribution is 0.0672. The average Bonchev–Trinajstić information content (AvgIpc) is 3.11. The molecule has 3 N–H and O–H groups in total. The highest BCUT2D eigenvalue weighted by Crippen LogP contribution is 2.20. The van der Waals surface area contributed by atoms with Crippen molar-refractivity contribution in [2.24, 2.45) is 4.99 Å². The van der Waals surface area contributed by atoms with E-state index in [1.807, 2.05) is 42.5 Å². The Balaban J connectivity index is 1.93. The number of rotatable bonds is 8. The van der Waals surface area contributed by atoms with Crippen LogP contribution in [0, 0.1) is 0 Å².